The van der Waals surface area contributed by atoms with Crippen molar-refractivity contribution in [2.45, 2.75) is 26.4 Å². The van der Waals surface area contributed by atoms with E-state index in [1.54, 1.807) is 7.11 Å². The van der Waals surface area contributed by atoms with E-state index in [0.29, 0.717) is 19.1 Å². The highest BCUT2D eigenvalue weighted by molar-refractivity contribution is 5.92. The van der Waals surface area contributed by atoms with Crippen LogP contribution in [0.15, 0.2) is 29.3 Å². The van der Waals surface area contributed by atoms with Crippen LogP contribution in [0.3, 0.4) is 0 Å². The summed E-state index contributed by atoms with van der Waals surface area (Å²) in [6.07, 6.45) is 2.44. The molecule has 21 heavy (non-hydrogen) atoms. The molecule has 0 amide bonds. The van der Waals surface area contributed by atoms with Gasteiger partial charge in [0.1, 0.15) is 0 Å². The molecule has 0 aliphatic rings. The second kappa shape index (κ2) is 10.2. The lowest BCUT2D eigenvalue weighted by atomic mass is 10.2. The standard InChI is InChI=1S/C16H28N4O/c1-4-5-11-20(2)12-10-18-16(17)19-15-9-7-6-8-14(15)13-21-3/h6-9H,4-5,10-13H2,1-3H3,(H3,17,18,19). The Hall–Kier alpha value is -1.59. The van der Waals surface area contributed by atoms with Crippen molar-refractivity contribution in [1.29, 1.82) is 0 Å². The van der Waals surface area contributed by atoms with Crippen LogP contribution in [0.4, 0.5) is 5.69 Å². The van der Waals surface area contributed by atoms with Gasteiger partial charge in [0.25, 0.3) is 0 Å². The predicted molar refractivity (Wildman–Crippen MR) is 89.7 cm³/mol. The molecule has 0 saturated heterocycles. The number of methoxy groups -OCH3 is 1. The van der Waals surface area contributed by atoms with Gasteiger partial charge in [0, 0.05) is 24.9 Å². The molecule has 0 fully saturated rings. The molecule has 0 aromatic heterocycles. The first-order valence-electron chi connectivity index (χ1n) is 7.49. The van der Waals surface area contributed by atoms with E-state index < -0.39 is 0 Å². The van der Waals surface area contributed by atoms with Crippen LogP contribution in [-0.4, -0.2) is 44.7 Å². The second-order valence-electron chi connectivity index (χ2n) is 5.14. The van der Waals surface area contributed by atoms with Crippen molar-refractivity contribution in [1.82, 2.24) is 4.90 Å². The fourth-order valence-corrected chi connectivity index (χ4v) is 1.98. The molecule has 0 bridgehead atoms. The average molecular weight is 292 g/mol. The number of unbranched alkanes of at least 4 members (excludes halogenated alkanes) is 1. The van der Waals surface area contributed by atoms with Gasteiger partial charge in [-0.2, -0.15) is 0 Å². The Kier molecular flexibility index (Phi) is 8.47. The van der Waals surface area contributed by atoms with Crippen LogP contribution in [0.25, 0.3) is 0 Å². The summed E-state index contributed by atoms with van der Waals surface area (Å²) in [5.74, 6) is 0.447. The Morgan fingerprint density at radius 2 is 2.10 bits per heavy atom. The number of ether oxygens (including phenoxy) is 1. The van der Waals surface area contributed by atoms with Gasteiger partial charge in [-0.1, -0.05) is 31.5 Å². The van der Waals surface area contributed by atoms with Gasteiger partial charge in [0.05, 0.1) is 13.2 Å². The summed E-state index contributed by atoms with van der Waals surface area (Å²) in [5, 5.41) is 3.14. The first kappa shape index (κ1) is 17.5. The van der Waals surface area contributed by atoms with E-state index in [1.807, 2.05) is 24.3 Å². The predicted octanol–water partition coefficient (Wildman–Crippen LogP) is 2.29. The number of anilines is 1. The van der Waals surface area contributed by atoms with Gasteiger partial charge in [-0.05, 0) is 26.1 Å². The van der Waals surface area contributed by atoms with Crippen LogP contribution in [0.1, 0.15) is 25.3 Å². The average Bonchev–Trinajstić information content (AvgIpc) is 2.47. The van der Waals surface area contributed by atoms with Gasteiger partial charge in [-0.15, -0.1) is 0 Å². The highest BCUT2D eigenvalue weighted by atomic mass is 16.5. The van der Waals surface area contributed by atoms with Gasteiger partial charge >= 0.3 is 0 Å². The number of rotatable bonds is 9. The molecule has 1 rings (SSSR count). The minimum absolute atomic E-state index is 0.447. The number of nitrogens with one attached hydrogen (secondary N) is 1. The molecule has 0 unspecified atom stereocenters. The molecule has 0 saturated carbocycles. The van der Waals surface area contributed by atoms with Gasteiger partial charge in [-0.3, -0.25) is 4.99 Å². The van der Waals surface area contributed by atoms with E-state index in [1.165, 1.54) is 12.8 Å². The lowest BCUT2D eigenvalue weighted by molar-refractivity contribution is 0.185. The minimum Gasteiger partial charge on any atom is -0.380 e. The van der Waals surface area contributed by atoms with Crippen molar-refractivity contribution in [2.75, 3.05) is 39.1 Å². The third kappa shape index (κ3) is 7.11. The summed E-state index contributed by atoms with van der Waals surface area (Å²) in [6.45, 7) is 5.48. The maximum absolute atomic E-state index is 5.94. The molecular formula is C16H28N4O. The van der Waals surface area contributed by atoms with Crippen LogP contribution in [0.5, 0.6) is 0 Å². The highest BCUT2D eigenvalue weighted by Gasteiger charge is 2.02. The van der Waals surface area contributed by atoms with E-state index in [0.717, 1.165) is 24.3 Å². The number of likely N-dealkylation sites (N-methyl/N-ethyl adjacent to an activating group) is 1. The maximum atomic E-state index is 5.94. The number of aliphatic imine (C=N–C) groups is 1. The van der Waals surface area contributed by atoms with E-state index in [-0.39, 0.29) is 0 Å². The van der Waals surface area contributed by atoms with Gasteiger partial charge in [0.2, 0.25) is 0 Å². The molecule has 0 aliphatic carbocycles. The number of nitrogens with zero attached hydrogens (tertiary/aromatic N) is 2. The Balaban J connectivity index is 2.45. The molecule has 0 radical (unpaired) electrons. The summed E-state index contributed by atoms with van der Waals surface area (Å²) < 4.78 is 5.17. The largest absolute Gasteiger partial charge is 0.380 e. The summed E-state index contributed by atoms with van der Waals surface area (Å²) in [5.41, 5.74) is 7.95. The van der Waals surface area contributed by atoms with Crippen LogP contribution in [-0.2, 0) is 11.3 Å². The van der Waals surface area contributed by atoms with E-state index in [4.69, 9.17) is 10.5 Å². The maximum Gasteiger partial charge on any atom is 0.193 e. The van der Waals surface area contributed by atoms with E-state index >= 15 is 0 Å². The summed E-state index contributed by atoms with van der Waals surface area (Å²) in [6, 6.07) is 7.94. The molecule has 0 heterocycles. The molecule has 5 nitrogen and oxygen atoms in total. The zero-order valence-corrected chi connectivity index (χ0v) is 13.4. The van der Waals surface area contributed by atoms with Crippen molar-refractivity contribution >= 4 is 11.6 Å². The number of guanidine groups is 1. The Bertz CT molecular complexity index is 434. The molecule has 0 spiro atoms. The number of nitrogens with two attached hydrogens (primary N) is 1. The summed E-state index contributed by atoms with van der Waals surface area (Å²) >= 11 is 0. The lowest BCUT2D eigenvalue weighted by Crippen LogP contribution is -2.27. The first-order chi connectivity index (χ1) is 10.2. The fourth-order valence-electron chi connectivity index (χ4n) is 1.98. The van der Waals surface area contributed by atoms with Crippen LogP contribution >= 0.6 is 0 Å². The van der Waals surface area contributed by atoms with E-state index in [9.17, 15) is 0 Å². The van der Waals surface area contributed by atoms with Gasteiger partial charge < -0.3 is 20.7 Å². The van der Waals surface area contributed by atoms with Gasteiger partial charge in [-0.25, -0.2) is 0 Å². The van der Waals surface area contributed by atoms with Crippen molar-refractivity contribution in [3.8, 4) is 0 Å². The number of benzene rings is 1. The fraction of sp³-hybridized carbons (Fsp3) is 0.562. The molecule has 1 aromatic carbocycles. The molecule has 0 aliphatic heterocycles. The van der Waals surface area contributed by atoms with Crippen molar-refractivity contribution in [3.63, 3.8) is 0 Å². The molecule has 3 N–H and O–H groups in total. The van der Waals surface area contributed by atoms with Crippen molar-refractivity contribution in [3.05, 3.63) is 29.8 Å². The van der Waals surface area contributed by atoms with Crippen molar-refractivity contribution in [2.24, 2.45) is 10.7 Å². The Morgan fingerprint density at radius 3 is 2.81 bits per heavy atom. The third-order valence-corrected chi connectivity index (χ3v) is 3.24. The van der Waals surface area contributed by atoms with E-state index in [2.05, 4.69) is 29.2 Å². The normalized spacial score (nSPS) is 11.9. The number of hydrogen-bond acceptors (Lipinski definition) is 3. The smallest absolute Gasteiger partial charge is 0.193 e. The molecule has 5 heteroatoms. The van der Waals surface area contributed by atoms with Crippen LogP contribution in [0.2, 0.25) is 0 Å². The summed E-state index contributed by atoms with van der Waals surface area (Å²) in [7, 11) is 3.79. The zero-order valence-electron chi connectivity index (χ0n) is 13.4. The minimum atomic E-state index is 0.447. The molecular weight excluding hydrogens is 264 g/mol. The SMILES string of the molecule is CCCCN(C)CCN=C(N)Nc1ccccc1COC. The Labute approximate surface area is 128 Å². The summed E-state index contributed by atoms with van der Waals surface area (Å²) in [4.78, 5) is 6.65. The van der Waals surface area contributed by atoms with Crippen molar-refractivity contribution < 1.29 is 4.74 Å². The zero-order chi connectivity index (χ0) is 15.5. The van der Waals surface area contributed by atoms with Gasteiger partial charge in [0.15, 0.2) is 5.96 Å². The Morgan fingerprint density at radius 1 is 1.33 bits per heavy atom. The lowest BCUT2D eigenvalue weighted by Gasteiger charge is -2.15. The quantitative estimate of drug-likeness (QED) is 0.541. The first-order valence-corrected chi connectivity index (χ1v) is 7.49. The highest BCUT2D eigenvalue weighted by Crippen LogP contribution is 2.15. The molecule has 0 atom stereocenters. The number of para-hydroxylation sites is 1. The second-order valence-corrected chi connectivity index (χ2v) is 5.14. The molecule has 118 valence electrons. The third-order valence-electron chi connectivity index (χ3n) is 3.24. The number of hydrogen-bond donors (Lipinski definition) is 2. The van der Waals surface area contributed by atoms with Crippen LogP contribution < -0.4 is 11.1 Å². The van der Waals surface area contributed by atoms with Crippen LogP contribution in [0, 0.1) is 0 Å². The molecule has 1 aromatic rings. The topological polar surface area (TPSA) is 62.9 Å². The monoisotopic (exact) mass is 292 g/mol.